The van der Waals surface area contributed by atoms with E-state index in [0.717, 1.165) is 34.0 Å². The number of benzene rings is 2. The molecule has 1 N–H and O–H groups in total. The number of aromatic nitrogens is 2. The third kappa shape index (κ3) is 3.44. The molecule has 0 aliphatic carbocycles. The highest BCUT2D eigenvalue weighted by atomic mass is 32.1. The van der Waals surface area contributed by atoms with E-state index in [0.29, 0.717) is 23.0 Å². The molecular weight excluding hydrogens is 396 g/mol. The predicted octanol–water partition coefficient (Wildman–Crippen LogP) is 3.84. The topological polar surface area (TPSA) is 76.3 Å². The Morgan fingerprint density at radius 2 is 2.00 bits per heavy atom. The maximum Gasteiger partial charge on any atom is 0.271 e. The highest BCUT2D eigenvalue weighted by Crippen LogP contribution is 2.26. The van der Waals surface area contributed by atoms with E-state index in [1.807, 2.05) is 30.3 Å². The molecule has 0 spiro atoms. The average molecular weight is 414 g/mol. The van der Waals surface area contributed by atoms with Crippen LogP contribution in [0.3, 0.4) is 0 Å². The van der Waals surface area contributed by atoms with Crippen LogP contribution in [0.2, 0.25) is 0 Å². The molecule has 148 valence electrons. The lowest BCUT2D eigenvalue weighted by Gasteiger charge is -2.06. The summed E-state index contributed by atoms with van der Waals surface area (Å²) >= 11 is 1.60. The predicted molar refractivity (Wildman–Crippen MR) is 119 cm³/mol. The molecule has 5 rings (SSSR count). The zero-order valence-electron chi connectivity index (χ0n) is 16.0. The molecule has 0 saturated carbocycles. The number of hydrogen-bond acceptors (Lipinski definition) is 5. The maximum atomic E-state index is 12.5. The Kier molecular flexibility index (Phi) is 4.72. The van der Waals surface area contributed by atoms with E-state index >= 15 is 0 Å². The highest BCUT2D eigenvalue weighted by Gasteiger charge is 2.17. The van der Waals surface area contributed by atoms with Crippen LogP contribution < -0.4 is 11.0 Å². The molecule has 3 heterocycles. The highest BCUT2D eigenvalue weighted by molar-refractivity contribution is 7.17. The fourth-order valence-corrected chi connectivity index (χ4v) is 4.51. The number of hydrazone groups is 1. The quantitative estimate of drug-likeness (QED) is 0.407. The molecule has 0 fully saturated rings. The van der Waals surface area contributed by atoms with Crippen LogP contribution in [-0.4, -0.2) is 21.7 Å². The average Bonchev–Trinajstić information content (AvgIpc) is 3.44. The van der Waals surface area contributed by atoms with E-state index in [1.54, 1.807) is 40.3 Å². The SMILES string of the molecule is O=C(N/N=C\c1ccc(-c2ccccc2)s1)c1ccc2c(=O)n3c(nc2c1)CCC3. The summed E-state index contributed by atoms with van der Waals surface area (Å²) in [5.74, 6) is 0.449. The number of nitrogens with one attached hydrogen (secondary N) is 1. The molecule has 0 unspecified atom stereocenters. The van der Waals surface area contributed by atoms with Crippen molar-refractivity contribution in [1.82, 2.24) is 15.0 Å². The Bertz CT molecular complexity index is 1340. The third-order valence-electron chi connectivity index (χ3n) is 5.12. The van der Waals surface area contributed by atoms with Crippen molar-refractivity contribution in [2.24, 2.45) is 5.10 Å². The summed E-state index contributed by atoms with van der Waals surface area (Å²) in [7, 11) is 0. The number of nitrogens with zero attached hydrogens (tertiary/aromatic N) is 3. The Balaban J connectivity index is 1.32. The van der Waals surface area contributed by atoms with Crippen LogP contribution in [0.5, 0.6) is 0 Å². The second kappa shape index (κ2) is 7.68. The minimum Gasteiger partial charge on any atom is -0.296 e. The molecule has 30 heavy (non-hydrogen) atoms. The summed E-state index contributed by atoms with van der Waals surface area (Å²) in [6.07, 6.45) is 3.35. The first-order chi connectivity index (χ1) is 14.7. The van der Waals surface area contributed by atoms with Crippen molar-refractivity contribution in [3.05, 3.63) is 87.3 Å². The van der Waals surface area contributed by atoms with Crippen molar-refractivity contribution >= 4 is 34.4 Å². The van der Waals surface area contributed by atoms with E-state index in [-0.39, 0.29) is 11.5 Å². The second-order valence-corrected chi connectivity index (χ2v) is 8.20. The molecule has 0 bridgehead atoms. The number of thiophene rings is 1. The van der Waals surface area contributed by atoms with Gasteiger partial charge in [-0.05, 0) is 42.3 Å². The van der Waals surface area contributed by atoms with Crippen LogP contribution in [0.25, 0.3) is 21.3 Å². The minimum absolute atomic E-state index is 0.0376. The van der Waals surface area contributed by atoms with Gasteiger partial charge in [-0.1, -0.05) is 30.3 Å². The van der Waals surface area contributed by atoms with Gasteiger partial charge in [-0.2, -0.15) is 5.10 Å². The Morgan fingerprint density at radius 1 is 1.13 bits per heavy atom. The molecule has 4 aromatic rings. The molecular formula is C23H18N4O2S. The van der Waals surface area contributed by atoms with E-state index in [1.165, 1.54) is 0 Å². The number of amides is 1. The minimum atomic E-state index is -0.338. The van der Waals surface area contributed by atoms with E-state index < -0.39 is 0 Å². The van der Waals surface area contributed by atoms with Gasteiger partial charge in [0.2, 0.25) is 0 Å². The lowest BCUT2D eigenvalue weighted by atomic mass is 10.1. The summed E-state index contributed by atoms with van der Waals surface area (Å²) in [4.78, 5) is 31.7. The monoisotopic (exact) mass is 414 g/mol. The number of carbonyl (C=O) groups excluding carboxylic acids is 1. The van der Waals surface area contributed by atoms with Crippen LogP contribution in [0, 0.1) is 0 Å². The largest absolute Gasteiger partial charge is 0.296 e. The van der Waals surface area contributed by atoms with Gasteiger partial charge >= 0.3 is 0 Å². The number of aryl methyl sites for hydroxylation is 1. The Morgan fingerprint density at radius 3 is 2.87 bits per heavy atom. The number of fused-ring (bicyclic) bond motifs is 2. The fraction of sp³-hybridized carbons (Fsp3) is 0.130. The van der Waals surface area contributed by atoms with Crippen molar-refractivity contribution in [2.45, 2.75) is 19.4 Å². The van der Waals surface area contributed by atoms with Crippen LogP contribution in [0.15, 0.2) is 70.6 Å². The Labute approximate surface area is 176 Å². The molecule has 0 atom stereocenters. The first kappa shape index (κ1) is 18.4. The smallest absolute Gasteiger partial charge is 0.271 e. The molecule has 1 amide bonds. The van der Waals surface area contributed by atoms with Gasteiger partial charge in [-0.15, -0.1) is 11.3 Å². The third-order valence-corrected chi connectivity index (χ3v) is 6.19. The van der Waals surface area contributed by atoms with Crippen molar-refractivity contribution in [2.75, 3.05) is 0 Å². The van der Waals surface area contributed by atoms with E-state index in [2.05, 4.69) is 27.6 Å². The van der Waals surface area contributed by atoms with Crippen molar-refractivity contribution in [3.8, 4) is 10.4 Å². The van der Waals surface area contributed by atoms with Gasteiger partial charge in [-0.3, -0.25) is 14.2 Å². The molecule has 1 aliphatic heterocycles. The lowest BCUT2D eigenvalue weighted by Crippen LogP contribution is -2.22. The molecule has 7 heteroatoms. The van der Waals surface area contributed by atoms with Gasteiger partial charge in [0.15, 0.2) is 0 Å². The van der Waals surface area contributed by atoms with Crippen molar-refractivity contribution < 1.29 is 4.79 Å². The van der Waals surface area contributed by atoms with Crippen LogP contribution in [0.1, 0.15) is 27.5 Å². The van der Waals surface area contributed by atoms with Gasteiger partial charge < -0.3 is 0 Å². The molecule has 2 aromatic heterocycles. The van der Waals surface area contributed by atoms with Gasteiger partial charge in [0, 0.05) is 28.3 Å². The molecule has 6 nitrogen and oxygen atoms in total. The molecule has 0 saturated heterocycles. The summed E-state index contributed by atoms with van der Waals surface area (Å²) in [6.45, 7) is 0.711. The number of hydrogen-bond donors (Lipinski definition) is 1. The van der Waals surface area contributed by atoms with Crippen LogP contribution >= 0.6 is 11.3 Å². The van der Waals surface area contributed by atoms with Gasteiger partial charge in [0.25, 0.3) is 11.5 Å². The van der Waals surface area contributed by atoms with Crippen LogP contribution in [0.4, 0.5) is 0 Å². The normalized spacial score (nSPS) is 13.1. The van der Waals surface area contributed by atoms with Gasteiger partial charge in [0.05, 0.1) is 17.1 Å². The molecule has 1 aliphatic rings. The maximum absolute atomic E-state index is 12.5. The summed E-state index contributed by atoms with van der Waals surface area (Å²) in [6, 6.07) is 19.1. The second-order valence-electron chi connectivity index (χ2n) is 7.09. The fourth-order valence-electron chi connectivity index (χ4n) is 3.62. The first-order valence-corrected chi connectivity index (χ1v) is 10.5. The van der Waals surface area contributed by atoms with Gasteiger partial charge in [-0.25, -0.2) is 10.4 Å². The number of rotatable bonds is 4. The zero-order chi connectivity index (χ0) is 20.5. The zero-order valence-corrected chi connectivity index (χ0v) is 16.9. The summed E-state index contributed by atoms with van der Waals surface area (Å²) < 4.78 is 1.72. The molecule has 0 radical (unpaired) electrons. The molecule has 2 aromatic carbocycles. The van der Waals surface area contributed by atoms with Crippen molar-refractivity contribution in [3.63, 3.8) is 0 Å². The summed E-state index contributed by atoms with van der Waals surface area (Å²) in [5, 5.41) is 4.61. The van der Waals surface area contributed by atoms with Gasteiger partial charge in [0.1, 0.15) is 5.82 Å². The first-order valence-electron chi connectivity index (χ1n) is 9.71. The lowest BCUT2D eigenvalue weighted by molar-refractivity contribution is 0.0955. The number of carbonyl (C=O) groups is 1. The van der Waals surface area contributed by atoms with E-state index in [4.69, 9.17) is 0 Å². The van der Waals surface area contributed by atoms with Crippen molar-refractivity contribution in [1.29, 1.82) is 0 Å². The van der Waals surface area contributed by atoms with E-state index in [9.17, 15) is 9.59 Å². The summed E-state index contributed by atoms with van der Waals surface area (Å²) in [5.41, 5.74) is 4.64. The van der Waals surface area contributed by atoms with Crippen LogP contribution in [-0.2, 0) is 13.0 Å². The standard InChI is InChI=1S/C23H18N4O2S/c28-22(26-24-14-17-9-11-20(30-17)15-5-2-1-3-6-15)16-8-10-18-19(13-16)25-21-7-4-12-27(21)23(18)29/h1-3,5-6,8-11,13-14H,4,7,12H2,(H,26,28)/b24-14-. The Hall–Kier alpha value is -3.58.